The topological polar surface area (TPSA) is 35.2 Å². The van der Waals surface area contributed by atoms with Crippen LogP contribution in [0.25, 0.3) is 0 Å². The summed E-state index contributed by atoms with van der Waals surface area (Å²) < 4.78 is 17.7. The summed E-state index contributed by atoms with van der Waals surface area (Å²) in [5.41, 5.74) is 6.79. The molecule has 13 heavy (non-hydrogen) atoms. The zero-order valence-electron chi connectivity index (χ0n) is 7.21. The van der Waals surface area contributed by atoms with Gasteiger partial charge < -0.3 is 10.5 Å². The molecule has 0 bridgehead atoms. The van der Waals surface area contributed by atoms with Crippen molar-refractivity contribution in [3.63, 3.8) is 0 Å². The Morgan fingerprint density at radius 2 is 2.31 bits per heavy atom. The summed E-state index contributed by atoms with van der Waals surface area (Å²) in [5, 5.41) is 0. The SMILES string of the molecule is COCc1cc(F)ccc1C(N)=S. The molecular formula is C9H10FNOS. The second kappa shape index (κ2) is 4.30. The lowest BCUT2D eigenvalue weighted by atomic mass is 10.1. The van der Waals surface area contributed by atoms with Gasteiger partial charge in [0.15, 0.2) is 0 Å². The lowest BCUT2D eigenvalue weighted by Gasteiger charge is -2.06. The Kier molecular flexibility index (Phi) is 3.33. The van der Waals surface area contributed by atoms with E-state index in [1.165, 1.54) is 19.2 Å². The van der Waals surface area contributed by atoms with Gasteiger partial charge in [-0.15, -0.1) is 0 Å². The maximum Gasteiger partial charge on any atom is 0.123 e. The molecule has 0 fully saturated rings. The maximum absolute atomic E-state index is 12.8. The summed E-state index contributed by atoms with van der Waals surface area (Å²) in [6, 6.07) is 4.26. The van der Waals surface area contributed by atoms with Crippen LogP contribution in [0.3, 0.4) is 0 Å². The van der Waals surface area contributed by atoms with Gasteiger partial charge >= 0.3 is 0 Å². The summed E-state index contributed by atoms with van der Waals surface area (Å²) >= 11 is 4.81. The average molecular weight is 199 g/mol. The minimum absolute atomic E-state index is 0.257. The largest absolute Gasteiger partial charge is 0.389 e. The van der Waals surface area contributed by atoms with Gasteiger partial charge in [0.05, 0.1) is 6.61 Å². The molecule has 2 N–H and O–H groups in total. The fourth-order valence-electron chi connectivity index (χ4n) is 1.08. The Balaban J connectivity index is 3.10. The third kappa shape index (κ3) is 2.47. The Labute approximate surface area is 81.5 Å². The molecule has 0 aliphatic rings. The first-order valence-corrected chi connectivity index (χ1v) is 4.13. The quantitative estimate of drug-likeness (QED) is 0.751. The fourth-order valence-corrected chi connectivity index (χ4v) is 1.28. The van der Waals surface area contributed by atoms with Crippen LogP contribution >= 0.6 is 12.2 Å². The van der Waals surface area contributed by atoms with E-state index in [1.807, 2.05) is 0 Å². The number of ether oxygens (including phenoxy) is 1. The van der Waals surface area contributed by atoms with Crippen molar-refractivity contribution >= 4 is 17.2 Å². The molecule has 1 rings (SSSR count). The van der Waals surface area contributed by atoms with Crippen LogP contribution in [0.5, 0.6) is 0 Å². The molecular weight excluding hydrogens is 189 g/mol. The van der Waals surface area contributed by atoms with E-state index in [0.717, 1.165) is 0 Å². The molecule has 0 amide bonds. The van der Waals surface area contributed by atoms with E-state index in [9.17, 15) is 4.39 Å². The van der Waals surface area contributed by atoms with Crippen LogP contribution in [0.1, 0.15) is 11.1 Å². The van der Waals surface area contributed by atoms with Crippen LogP contribution in [0.4, 0.5) is 4.39 Å². The average Bonchev–Trinajstić information content (AvgIpc) is 2.04. The van der Waals surface area contributed by atoms with E-state index in [-0.39, 0.29) is 10.8 Å². The Morgan fingerprint density at radius 1 is 1.62 bits per heavy atom. The smallest absolute Gasteiger partial charge is 0.123 e. The highest BCUT2D eigenvalue weighted by Crippen LogP contribution is 2.12. The van der Waals surface area contributed by atoms with E-state index in [1.54, 1.807) is 6.07 Å². The van der Waals surface area contributed by atoms with Gasteiger partial charge in [0, 0.05) is 12.7 Å². The summed E-state index contributed by atoms with van der Waals surface area (Å²) in [5.74, 6) is -0.313. The van der Waals surface area contributed by atoms with Crippen molar-refractivity contribution in [3.8, 4) is 0 Å². The maximum atomic E-state index is 12.8. The van der Waals surface area contributed by atoms with E-state index in [4.69, 9.17) is 22.7 Å². The van der Waals surface area contributed by atoms with Crippen LogP contribution in [-0.4, -0.2) is 12.1 Å². The highest BCUT2D eigenvalue weighted by Gasteiger charge is 2.05. The van der Waals surface area contributed by atoms with E-state index in [2.05, 4.69) is 0 Å². The lowest BCUT2D eigenvalue weighted by molar-refractivity contribution is 0.184. The predicted octanol–water partition coefficient (Wildman–Crippen LogP) is 1.61. The third-order valence-electron chi connectivity index (χ3n) is 1.63. The first kappa shape index (κ1) is 10.1. The predicted molar refractivity (Wildman–Crippen MR) is 53.0 cm³/mol. The monoisotopic (exact) mass is 199 g/mol. The normalized spacial score (nSPS) is 10.0. The molecule has 70 valence electrons. The second-order valence-corrected chi connectivity index (χ2v) is 3.04. The van der Waals surface area contributed by atoms with Crippen molar-refractivity contribution in [2.24, 2.45) is 5.73 Å². The summed E-state index contributed by atoms with van der Waals surface area (Å²) in [7, 11) is 1.54. The second-order valence-electron chi connectivity index (χ2n) is 2.60. The number of halogens is 1. The Bertz CT molecular complexity index is 327. The summed E-state index contributed by atoms with van der Waals surface area (Å²) in [6.07, 6.45) is 0. The zero-order chi connectivity index (χ0) is 9.84. The minimum Gasteiger partial charge on any atom is -0.389 e. The van der Waals surface area contributed by atoms with Crippen LogP contribution in [0, 0.1) is 5.82 Å². The van der Waals surface area contributed by atoms with E-state index < -0.39 is 0 Å². The van der Waals surface area contributed by atoms with Crippen molar-refractivity contribution in [1.29, 1.82) is 0 Å². The van der Waals surface area contributed by atoms with Gasteiger partial charge in [0.1, 0.15) is 10.8 Å². The van der Waals surface area contributed by atoms with Crippen LogP contribution < -0.4 is 5.73 Å². The van der Waals surface area contributed by atoms with E-state index in [0.29, 0.717) is 17.7 Å². The molecule has 0 saturated carbocycles. The first-order chi connectivity index (χ1) is 6.15. The molecule has 0 heterocycles. The molecule has 0 aliphatic carbocycles. The van der Waals surface area contributed by atoms with Crippen molar-refractivity contribution in [1.82, 2.24) is 0 Å². The van der Waals surface area contributed by atoms with Gasteiger partial charge in [-0.1, -0.05) is 12.2 Å². The molecule has 1 aromatic carbocycles. The summed E-state index contributed by atoms with van der Waals surface area (Å²) in [6.45, 7) is 0.310. The van der Waals surface area contributed by atoms with Crippen LogP contribution in [-0.2, 0) is 11.3 Å². The van der Waals surface area contributed by atoms with Gasteiger partial charge in [-0.05, 0) is 23.8 Å². The molecule has 0 saturated heterocycles. The Hall–Kier alpha value is -1.00. The summed E-state index contributed by atoms with van der Waals surface area (Å²) in [4.78, 5) is 0.257. The highest BCUT2D eigenvalue weighted by molar-refractivity contribution is 7.80. The first-order valence-electron chi connectivity index (χ1n) is 3.72. The van der Waals surface area contributed by atoms with Gasteiger partial charge in [-0.3, -0.25) is 0 Å². The van der Waals surface area contributed by atoms with Crippen molar-refractivity contribution in [2.75, 3.05) is 7.11 Å². The van der Waals surface area contributed by atoms with Gasteiger partial charge in [-0.25, -0.2) is 4.39 Å². The molecule has 0 radical (unpaired) electrons. The zero-order valence-corrected chi connectivity index (χ0v) is 8.03. The molecule has 1 aromatic rings. The standard InChI is InChI=1S/C9H10FNOS/c1-12-5-6-4-7(10)2-3-8(6)9(11)13/h2-4H,5H2,1H3,(H2,11,13). The Morgan fingerprint density at radius 3 is 2.85 bits per heavy atom. The minimum atomic E-state index is -0.313. The number of hydrogen-bond acceptors (Lipinski definition) is 2. The third-order valence-corrected chi connectivity index (χ3v) is 1.85. The van der Waals surface area contributed by atoms with Crippen LogP contribution in [0.2, 0.25) is 0 Å². The fraction of sp³-hybridized carbons (Fsp3) is 0.222. The van der Waals surface area contributed by atoms with Crippen molar-refractivity contribution in [3.05, 3.63) is 35.1 Å². The van der Waals surface area contributed by atoms with Gasteiger partial charge in [0.25, 0.3) is 0 Å². The highest BCUT2D eigenvalue weighted by atomic mass is 32.1. The molecule has 0 aliphatic heterocycles. The van der Waals surface area contributed by atoms with E-state index >= 15 is 0 Å². The molecule has 0 atom stereocenters. The number of hydrogen-bond donors (Lipinski definition) is 1. The molecule has 2 nitrogen and oxygen atoms in total. The lowest BCUT2D eigenvalue weighted by Crippen LogP contribution is -2.12. The van der Waals surface area contributed by atoms with Gasteiger partial charge in [-0.2, -0.15) is 0 Å². The van der Waals surface area contributed by atoms with Crippen molar-refractivity contribution < 1.29 is 9.13 Å². The molecule has 4 heteroatoms. The molecule has 0 aromatic heterocycles. The molecule has 0 unspecified atom stereocenters. The number of rotatable bonds is 3. The van der Waals surface area contributed by atoms with Crippen LogP contribution in [0.15, 0.2) is 18.2 Å². The van der Waals surface area contributed by atoms with Gasteiger partial charge in [0.2, 0.25) is 0 Å². The number of benzene rings is 1. The number of thiocarbonyl (C=S) groups is 1. The molecule has 0 spiro atoms. The number of methoxy groups -OCH3 is 1. The number of nitrogens with two attached hydrogens (primary N) is 1. The van der Waals surface area contributed by atoms with Crippen molar-refractivity contribution in [2.45, 2.75) is 6.61 Å².